The molecule has 1 aliphatic carbocycles. The smallest absolute Gasteiger partial charge is 0.268 e. The normalized spacial score (nSPS) is 14.9. The fraction of sp³-hybridized carbons (Fsp3) is 0.429. The Morgan fingerprint density at radius 2 is 2.27 bits per heavy atom. The molecule has 0 aliphatic heterocycles. The van der Waals surface area contributed by atoms with E-state index in [0.717, 1.165) is 30.6 Å². The first kappa shape index (κ1) is 6.79. The van der Waals surface area contributed by atoms with E-state index in [9.17, 15) is 4.79 Å². The Balaban J connectivity index is 2.80. The largest absolute Gasteiger partial charge is 0.436 e. The van der Waals surface area contributed by atoms with Crippen LogP contribution in [0.15, 0.2) is 9.21 Å². The van der Waals surface area contributed by atoms with E-state index < -0.39 is 0 Å². The van der Waals surface area contributed by atoms with Gasteiger partial charge in [0.2, 0.25) is 0 Å². The van der Waals surface area contributed by atoms with Crippen LogP contribution in [-0.4, -0.2) is 4.98 Å². The third-order valence-electron chi connectivity index (χ3n) is 1.87. The number of nitrogens with one attached hydrogen (secondary N) is 1. The molecule has 2 rings (SSSR count). The van der Waals surface area contributed by atoms with E-state index in [4.69, 9.17) is 16.6 Å². The lowest BCUT2D eigenvalue weighted by molar-refractivity contribution is 0.462. The maximum Gasteiger partial charge on any atom is 0.268 e. The average molecular weight is 169 g/mol. The van der Waals surface area contributed by atoms with Gasteiger partial charge in [-0.1, -0.05) is 0 Å². The van der Waals surface area contributed by atoms with Crippen molar-refractivity contribution in [3.8, 4) is 0 Å². The van der Waals surface area contributed by atoms with Gasteiger partial charge in [-0.15, -0.1) is 0 Å². The minimum absolute atomic E-state index is 0.0752. The molecular formula is C7H7NO2S. The summed E-state index contributed by atoms with van der Waals surface area (Å²) >= 11 is 4.72. The fourth-order valence-corrected chi connectivity index (χ4v) is 1.57. The molecule has 58 valence electrons. The summed E-state index contributed by atoms with van der Waals surface area (Å²) in [5.41, 5.74) is 0.701. The van der Waals surface area contributed by atoms with E-state index in [0.29, 0.717) is 0 Å². The van der Waals surface area contributed by atoms with Gasteiger partial charge in [0.25, 0.3) is 10.4 Å². The van der Waals surface area contributed by atoms with Gasteiger partial charge in [0.1, 0.15) is 5.76 Å². The van der Waals surface area contributed by atoms with Crippen molar-refractivity contribution in [2.24, 2.45) is 0 Å². The molecule has 0 saturated carbocycles. The molecule has 1 aliphatic rings. The molecule has 0 unspecified atom stereocenters. The van der Waals surface area contributed by atoms with Crippen molar-refractivity contribution >= 4 is 12.2 Å². The maximum absolute atomic E-state index is 11.1. The first-order valence-electron chi connectivity index (χ1n) is 3.52. The van der Waals surface area contributed by atoms with Gasteiger partial charge in [0, 0.05) is 6.42 Å². The Bertz CT molecular complexity index is 390. The van der Waals surface area contributed by atoms with E-state index in [1.807, 2.05) is 0 Å². The molecule has 1 aromatic heterocycles. The van der Waals surface area contributed by atoms with Crippen LogP contribution in [0.25, 0.3) is 0 Å². The second-order valence-corrected chi connectivity index (χ2v) is 2.97. The number of rotatable bonds is 0. The Morgan fingerprint density at radius 3 is 3.09 bits per heavy atom. The number of aromatic nitrogens is 1. The van der Waals surface area contributed by atoms with E-state index in [2.05, 4.69) is 4.98 Å². The Hall–Kier alpha value is -0.900. The highest BCUT2D eigenvalue weighted by molar-refractivity contribution is 7.71. The van der Waals surface area contributed by atoms with E-state index >= 15 is 0 Å². The lowest BCUT2D eigenvalue weighted by Gasteiger charge is -1.93. The molecule has 0 saturated heterocycles. The number of hydrogen-bond donors (Lipinski definition) is 1. The molecule has 11 heavy (non-hydrogen) atoms. The summed E-state index contributed by atoms with van der Waals surface area (Å²) in [6, 6.07) is 0. The molecule has 0 aromatic carbocycles. The molecule has 0 amide bonds. The molecule has 0 spiro atoms. The zero-order valence-electron chi connectivity index (χ0n) is 5.85. The zero-order valence-corrected chi connectivity index (χ0v) is 6.66. The van der Waals surface area contributed by atoms with Crippen molar-refractivity contribution in [1.82, 2.24) is 4.98 Å². The predicted molar refractivity (Wildman–Crippen MR) is 42.2 cm³/mol. The lowest BCUT2D eigenvalue weighted by atomic mass is 10.3. The van der Waals surface area contributed by atoms with Crippen LogP contribution in [-0.2, 0) is 12.8 Å². The van der Waals surface area contributed by atoms with Crippen molar-refractivity contribution in [3.05, 3.63) is 26.5 Å². The molecular weight excluding hydrogens is 162 g/mol. The zero-order chi connectivity index (χ0) is 7.84. The Morgan fingerprint density at radius 1 is 1.45 bits per heavy atom. The summed E-state index contributed by atoms with van der Waals surface area (Å²) in [7, 11) is 0. The quantitative estimate of drug-likeness (QED) is 0.593. The van der Waals surface area contributed by atoms with Crippen molar-refractivity contribution < 1.29 is 4.42 Å². The lowest BCUT2D eigenvalue weighted by Crippen LogP contribution is -2.11. The number of aromatic amines is 1. The molecule has 1 aromatic rings. The number of fused-ring (bicyclic) bond motifs is 1. The second-order valence-electron chi connectivity index (χ2n) is 2.60. The summed E-state index contributed by atoms with van der Waals surface area (Å²) in [5, 5.41) is 0. The molecule has 1 N–H and O–H groups in total. The third-order valence-corrected chi connectivity index (χ3v) is 2.06. The molecule has 3 nitrogen and oxygen atoms in total. The van der Waals surface area contributed by atoms with Crippen LogP contribution < -0.4 is 5.56 Å². The SMILES string of the molecule is O=c1[nH]c(=S)oc2c1CCC2. The highest BCUT2D eigenvalue weighted by atomic mass is 32.1. The van der Waals surface area contributed by atoms with Crippen LogP contribution in [0.2, 0.25) is 0 Å². The van der Waals surface area contributed by atoms with Crippen molar-refractivity contribution in [2.75, 3.05) is 0 Å². The molecule has 0 atom stereocenters. The number of hydrogen-bond acceptors (Lipinski definition) is 3. The average Bonchev–Trinajstić information content (AvgIpc) is 2.34. The summed E-state index contributed by atoms with van der Waals surface area (Å²) < 4.78 is 5.16. The summed E-state index contributed by atoms with van der Waals surface area (Å²) in [6.45, 7) is 0. The van der Waals surface area contributed by atoms with Crippen LogP contribution in [0.1, 0.15) is 17.7 Å². The van der Waals surface area contributed by atoms with E-state index in [1.54, 1.807) is 0 Å². The first-order valence-corrected chi connectivity index (χ1v) is 3.93. The second kappa shape index (κ2) is 2.30. The van der Waals surface area contributed by atoms with Gasteiger partial charge in [0.15, 0.2) is 0 Å². The number of H-pyrrole nitrogens is 1. The van der Waals surface area contributed by atoms with Gasteiger partial charge < -0.3 is 4.42 Å². The molecule has 0 bridgehead atoms. The van der Waals surface area contributed by atoms with Crippen LogP contribution in [0.4, 0.5) is 0 Å². The van der Waals surface area contributed by atoms with Crippen molar-refractivity contribution in [2.45, 2.75) is 19.3 Å². The van der Waals surface area contributed by atoms with Crippen molar-refractivity contribution in [1.29, 1.82) is 0 Å². The predicted octanol–water partition coefficient (Wildman–Crippen LogP) is 1.19. The van der Waals surface area contributed by atoms with Gasteiger partial charge in [-0.05, 0) is 25.1 Å². The van der Waals surface area contributed by atoms with Gasteiger partial charge in [0.05, 0.1) is 5.56 Å². The van der Waals surface area contributed by atoms with Crippen LogP contribution >= 0.6 is 12.2 Å². The number of aryl methyl sites for hydroxylation is 1. The fourth-order valence-electron chi connectivity index (χ4n) is 1.37. The van der Waals surface area contributed by atoms with Gasteiger partial charge in [-0.25, -0.2) is 0 Å². The Labute approximate surface area is 68.1 Å². The molecule has 4 heteroatoms. The summed E-state index contributed by atoms with van der Waals surface area (Å²) in [5.74, 6) is 0.777. The molecule has 0 radical (unpaired) electrons. The monoisotopic (exact) mass is 169 g/mol. The topological polar surface area (TPSA) is 46.0 Å². The van der Waals surface area contributed by atoms with Crippen LogP contribution in [0, 0.1) is 4.84 Å². The summed E-state index contributed by atoms with van der Waals surface area (Å²) in [6.07, 6.45) is 2.67. The molecule has 0 fully saturated rings. The van der Waals surface area contributed by atoms with Gasteiger partial charge >= 0.3 is 0 Å². The molecule has 1 heterocycles. The minimum Gasteiger partial charge on any atom is -0.436 e. The van der Waals surface area contributed by atoms with Gasteiger partial charge in [-0.2, -0.15) is 0 Å². The van der Waals surface area contributed by atoms with E-state index in [-0.39, 0.29) is 10.4 Å². The van der Waals surface area contributed by atoms with Crippen LogP contribution in [0.5, 0.6) is 0 Å². The van der Waals surface area contributed by atoms with Crippen molar-refractivity contribution in [3.63, 3.8) is 0 Å². The highest BCUT2D eigenvalue weighted by Gasteiger charge is 2.16. The van der Waals surface area contributed by atoms with Gasteiger partial charge in [-0.3, -0.25) is 9.78 Å². The Kier molecular flexibility index (Phi) is 1.42. The first-order chi connectivity index (χ1) is 5.27. The third kappa shape index (κ3) is 1.03. The standard InChI is InChI=1S/C7H7NO2S/c9-6-4-2-1-3-5(4)10-7(11)8-6/h1-3H2,(H,8,9,11). The minimum atomic E-state index is -0.0752. The van der Waals surface area contributed by atoms with Crippen LogP contribution in [0.3, 0.4) is 0 Å². The van der Waals surface area contributed by atoms with E-state index in [1.165, 1.54) is 0 Å². The summed E-state index contributed by atoms with van der Waals surface area (Å²) in [4.78, 5) is 13.8. The maximum atomic E-state index is 11.1. The highest BCUT2D eigenvalue weighted by Crippen LogP contribution is 2.16.